The van der Waals surface area contributed by atoms with Gasteiger partial charge in [-0.05, 0) is 59.3 Å². The van der Waals surface area contributed by atoms with Gasteiger partial charge in [-0.2, -0.15) is 0 Å². The fourth-order valence-electron chi connectivity index (χ4n) is 8.06. The molecule has 6 aromatic carbocycles. The molecule has 296 valence electrons. The van der Waals surface area contributed by atoms with E-state index in [2.05, 4.69) is 10.0 Å². The molecular weight excluding hydrogens is 741 g/mol. The molecule has 2 aliphatic rings. The molecule has 6 aromatic rings. The topological polar surface area (TPSA) is 123 Å². The SMILES string of the molecule is Cc1ccc(CO[C@H]2[C@H](OCc3ccc(C)cc3)[C@@H](COC(c3ccccc3)(c3ccccc3)c3ccccc3)O[C@@H](N=[N+]=[N-])[C@@H]2N2C(=O)c3ccccc3C2=O)cc1. The molecular formula is C49H44N4O6. The third-order valence-corrected chi connectivity index (χ3v) is 11.1. The summed E-state index contributed by atoms with van der Waals surface area (Å²) >= 11 is 0. The second-order valence-corrected chi connectivity index (χ2v) is 14.9. The molecule has 1 fully saturated rings. The number of carbonyl (C=O) groups excluding carboxylic acids is 2. The maximum Gasteiger partial charge on any atom is 0.261 e. The van der Waals surface area contributed by atoms with Crippen LogP contribution < -0.4 is 0 Å². The highest BCUT2D eigenvalue weighted by atomic mass is 16.6. The van der Waals surface area contributed by atoms with Crippen LogP contribution in [0.4, 0.5) is 0 Å². The van der Waals surface area contributed by atoms with E-state index < -0.39 is 48.0 Å². The van der Waals surface area contributed by atoms with Crippen LogP contribution in [0.3, 0.4) is 0 Å². The molecule has 0 bridgehead atoms. The second kappa shape index (κ2) is 17.6. The summed E-state index contributed by atoms with van der Waals surface area (Å²) in [6.07, 6.45) is -4.28. The maximum atomic E-state index is 14.2. The molecule has 2 aliphatic heterocycles. The minimum Gasteiger partial charge on any atom is -0.368 e. The molecule has 0 radical (unpaired) electrons. The van der Waals surface area contributed by atoms with Gasteiger partial charge in [-0.25, -0.2) is 0 Å². The van der Waals surface area contributed by atoms with Crippen molar-refractivity contribution in [3.8, 4) is 0 Å². The van der Waals surface area contributed by atoms with Crippen molar-refractivity contribution in [2.75, 3.05) is 6.61 Å². The highest BCUT2D eigenvalue weighted by Gasteiger charge is 2.55. The fourth-order valence-corrected chi connectivity index (χ4v) is 8.06. The molecule has 0 N–H and O–H groups in total. The quantitative estimate of drug-likeness (QED) is 0.0357. The molecule has 8 rings (SSSR count). The smallest absolute Gasteiger partial charge is 0.261 e. The minimum absolute atomic E-state index is 0.0755. The highest BCUT2D eigenvalue weighted by molar-refractivity contribution is 6.21. The monoisotopic (exact) mass is 784 g/mol. The van der Waals surface area contributed by atoms with Crippen LogP contribution in [0.1, 0.15) is 59.7 Å². The molecule has 2 heterocycles. The number of nitrogens with zero attached hydrogens (tertiary/aromatic N) is 4. The van der Waals surface area contributed by atoms with Gasteiger partial charge in [0.15, 0.2) is 6.23 Å². The van der Waals surface area contributed by atoms with E-state index in [-0.39, 0.29) is 30.9 Å². The minimum atomic E-state index is -1.36. The predicted octanol–water partition coefficient (Wildman–Crippen LogP) is 9.48. The van der Waals surface area contributed by atoms with Crippen LogP contribution in [-0.4, -0.2) is 53.9 Å². The number of carbonyl (C=O) groups is 2. The number of benzene rings is 6. The number of rotatable bonds is 14. The van der Waals surface area contributed by atoms with Crippen molar-refractivity contribution in [2.24, 2.45) is 5.11 Å². The number of ether oxygens (including phenoxy) is 4. The zero-order chi connectivity index (χ0) is 40.8. The van der Waals surface area contributed by atoms with E-state index >= 15 is 0 Å². The highest BCUT2D eigenvalue weighted by Crippen LogP contribution is 2.42. The van der Waals surface area contributed by atoms with Crippen molar-refractivity contribution in [1.29, 1.82) is 0 Å². The van der Waals surface area contributed by atoms with Crippen LogP contribution in [0.2, 0.25) is 0 Å². The van der Waals surface area contributed by atoms with Gasteiger partial charge in [0.2, 0.25) is 0 Å². The normalized spacial score (nSPS) is 20.2. The van der Waals surface area contributed by atoms with Gasteiger partial charge in [0, 0.05) is 4.91 Å². The molecule has 0 aliphatic carbocycles. The third-order valence-electron chi connectivity index (χ3n) is 11.1. The number of hydrogen-bond donors (Lipinski definition) is 0. The van der Waals surface area contributed by atoms with Crippen LogP contribution in [0.25, 0.3) is 10.4 Å². The average Bonchev–Trinajstić information content (AvgIpc) is 3.53. The van der Waals surface area contributed by atoms with Crippen LogP contribution in [0.5, 0.6) is 0 Å². The first-order valence-corrected chi connectivity index (χ1v) is 19.7. The van der Waals surface area contributed by atoms with Gasteiger partial charge in [-0.3, -0.25) is 14.5 Å². The van der Waals surface area contributed by atoms with E-state index in [1.165, 1.54) is 0 Å². The third kappa shape index (κ3) is 8.05. The summed E-state index contributed by atoms with van der Waals surface area (Å²) in [5, 5.41) is 4.11. The Kier molecular flexibility index (Phi) is 11.8. The van der Waals surface area contributed by atoms with E-state index in [4.69, 9.17) is 18.9 Å². The number of imide groups is 1. The Bertz CT molecular complexity index is 2290. The summed E-state index contributed by atoms with van der Waals surface area (Å²) in [6, 6.07) is 51.3. The summed E-state index contributed by atoms with van der Waals surface area (Å²) in [5.74, 6) is -1.07. The molecule has 1 saturated heterocycles. The van der Waals surface area contributed by atoms with E-state index in [0.717, 1.165) is 43.8 Å². The molecule has 5 atom stereocenters. The fraction of sp³-hybridized carbons (Fsp3) is 0.224. The Balaban J connectivity index is 1.25. The van der Waals surface area contributed by atoms with Crippen LogP contribution in [-0.2, 0) is 37.8 Å². The number of fused-ring (bicyclic) bond motifs is 1. The van der Waals surface area contributed by atoms with Gasteiger partial charge in [0.05, 0.1) is 30.9 Å². The summed E-state index contributed by atoms with van der Waals surface area (Å²) < 4.78 is 27.8. The van der Waals surface area contributed by atoms with Gasteiger partial charge in [0.25, 0.3) is 11.8 Å². The number of azide groups is 1. The molecule has 59 heavy (non-hydrogen) atoms. The van der Waals surface area contributed by atoms with Gasteiger partial charge in [-0.1, -0.05) is 168 Å². The lowest BCUT2D eigenvalue weighted by Gasteiger charge is -2.48. The van der Waals surface area contributed by atoms with Crippen LogP contribution >= 0.6 is 0 Å². The zero-order valence-corrected chi connectivity index (χ0v) is 32.8. The standard InChI is InChI=1S/C49H44N4O6/c1-33-22-26-35(27-23-33)30-56-44-42(32-58-49(37-14-6-3-7-15-37,38-16-8-4-9-17-38)39-18-10-5-11-19-39)59-46(51-52-50)43(45(44)57-31-36-28-24-34(2)25-29-36)53-47(54)40-20-12-13-21-41(40)48(53)55/h3-29,42-46H,30-32H2,1-2H3/t42-,43-,44-,45-,46-/m1/s1. The van der Waals surface area contributed by atoms with E-state index in [0.29, 0.717) is 0 Å². The number of hydrogen-bond acceptors (Lipinski definition) is 7. The Morgan fingerprint density at radius 1 is 0.610 bits per heavy atom. The predicted molar refractivity (Wildman–Crippen MR) is 223 cm³/mol. The van der Waals surface area contributed by atoms with E-state index in [1.807, 2.05) is 153 Å². The van der Waals surface area contributed by atoms with Crippen LogP contribution in [0.15, 0.2) is 169 Å². The molecule has 0 aromatic heterocycles. The summed E-state index contributed by atoms with van der Waals surface area (Å²) in [4.78, 5) is 32.8. The average molecular weight is 785 g/mol. The Morgan fingerprint density at radius 2 is 1.03 bits per heavy atom. The molecule has 0 saturated carbocycles. The first-order chi connectivity index (χ1) is 28.9. The van der Waals surface area contributed by atoms with Crippen molar-refractivity contribution in [3.05, 3.63) is 224 Å². The second-order valence-electron chi connectivity index (χ2n) is 14.9. The summed E-state index contributed by atoms with van der Waals surface area (Å²) in [5.41, 5.74) is 16.0. The van der Waals surface area contributed by atoms with Crippen molar-refractivity contribution in [3.63, 3.8) is 0 Å². The maximum absolute atomic E-state index is 14.2. The largest absolute Gasteiger partial charge is 0.368 e. The van der Waals surface area contributed by atoms with Gasteiger partial charge in [-0.15, -0.1) is 0 Å². The summed E-state index contributed by atoms with van der Waals surface area (Å²) in [7, 11) is 0. The van der Waals surface area contributed by atoms with E-state index in [9.17, 15) is 15.1 Å². The molecule has 2 amide bonds. The number of aryl methyl sites for hydroxylation is 2. The van der Waals surface area contributed by atoms with E-state index in [1.54, 1.807) is 24.3 Å². The molecule has 0 spiro atoms. The van der Waals surface area contributed by atoms with Gasteiger partial charge >= 0.3 is 0 Å². The lowest BCUT2D eigenvalue weighted by Crippen LogP contribution is -2.66. The Hall–Kier alpha value is -6.39. The Morgan fingerprint density at radius 3 is 1.47 bits per heavy atom. The van der Waals surface area contributed by atoms with Crippen LogP contribution in [0, 0.1) is 13.8 Å². The van der Waals surface area contributed by atoms with Crippen molar-refractivity contribution >= 4 is 11.8 Å². The molecule has 0 unspecified atom stereocenters. The zero-order valence-electron chi connectivity index (χ0n) is 32.8. The first-order valence-electron chi connectivity index (χ1n) is 19.7. The van der Waals surface area contributed by atoms with Gasteiger partial charge in [0.1, 0.15) is 30.0 Å². The first kappa shape index (κ1) is 39.4. The lowest BCUT2D eigenvalue weighted by molar-refractivity contribution is -0.243. The molecule has 10 heteroatoms. The number of amides is 2. The summed E-state index contributed by atoms with van der Waals surface area (Å²) in [6.45, 7) is 4.20. The van der Waals surface area contributed by atoms with Gasteiger partial charge < -0.3 is 18.9 Å². The van der Waals surface area contributed by atoms with Crippen molar-refractivity contribution in [2.45, 2.75) is 63.2 Å². The Labute approximate surface area is 343 Å². The lowest BCUT2D eigenvalue weighted by atomic mass is 9.80. The molecule has 10 nitrogen and oxygen atoms in total. The van der Waals surface area contributed by atoms with Crippen molar-refractivity contribution in [1.82, 2.24) is 4.90 Å². The van der Waals surface area contributed by atoms with Crippen molar-refractivity contribution < 1.29 is 28.5 Å².